The molecule has 2 N–H and O–H groups in total. The van der Waals surface area contributed by atoms with Crippen LogP contribution in [0.3, 0.4) is 0 Å². The van der Waals surface area contributed by atoms with E-state index in [2.05, 4.69) is 60.1 Å². The predicted molar refractivity (Wildman–Crippen MR) is 80.9 cm³/mol. The van der Waals surface area contributed by atoms with Gasteiger partial charge in [-0.1, -0.05) is 23.8 Å². The SMILES string of the molecule is CCN(c1ccc(C)cc1)c1ccc(CCN)cn1. The van der Waals surface area contributed by atoms with Crippen LogP contribution in [0.15, 0.2) is 42.6 Å². The van der Waals surface area contributed by atoms with Crippen molar-refractivity contribution in [3.63, 3.8) is 0 Å². The molecule has 0 spiro atoms. The van der Waals surface area contributed by atoms with Gasteiger partial charge in [-0.25, -0.2) is 4.98 Å². The summed E-state index contributed by atoms with van der Waals surface area (Å²) in [5.41, 5.74) is 9.18. The van der Waals surface area contributed by atoms with Gasteiger partial charge in [0.2, 0.25) is 0 Å². The molecule has 19 heavy (non-hydrogen) atoms. The highest BCUT2D eigenvalue weighted by Gasteiger charge is 2.08. The van der Waals surface area contributed by atoms with Crippen LogP contribution < -0.4 is 10.6 Å². The van der Waals surface area contributed by atoms with Crippen LogP contribution in [0.1, 0.15) is 18.1 Å². The predicted octanol–water partition coefficient (Wildman–Crippen LogP) is 3.05. The van der Waals surface area contributed by atoms with E-state index in [0.717, 1.165) is 18.8 Å². The monoisotopic (exact) mass is 255 g/mol. The zero-order valence-corrected chi connectivity index (χ0v) is 11.6. The minimum atomic E-state index is 0.663. The maximum absolute atomic E-state index is 5.55. The lowest BCUT2D eigenvalue weighted by Gasteiger charge is -2.22. The Labute approximate surface area is 115 Å². The number of aryl methyl sites for hydroxylation is 1. The van der Waals surface area contributed by atoms with Gasteiger partial charge in [0.25, 0.3) is 0 Å². The molecular formula is C16H21N3. The smallest absolute Gasteiger partial charge is 0.132 e. The summed E-state index contributed by atoms with van der Waals surface area (Å²) >= 11 is 0. The third-order valence-corrected chi connectivity index (χ3v) is 3.18. The van der Waals surface area contributed by atoms with Gasteiger partial charge in [0.1, 0.15) is 5.82 Å². The van der Waals surface area contributed by atoms with Gasteiger partial charge in [-0.05, 0) is 50.6 Å². The minimum Gasteiger partial charge on any atom is -0.330 e. The molecule has 2 aromatic rings. The van der Waals surface area contributed by atoms with Crippen LogP contribution in [0.2, 0.25) is 0 Å². The molecule has 0 aliphatic rings. The Hall–Kier alpha value is -1.87. The molecule has 0 aliphatic heterocycles. The first-order valence-corrected chi connectivity index (χ1v) is 6.73. The highest BCUT2D eigenvalue weighted by atomic mass is 15.2. The van der Waals surface area contributed by atoms with Gasteiger partial charge in [-0.15, -0.1) is 0 Å². The molecule has 1 aromatic carbocycles. The van der Waals surface area contributed by atoms with E-state index in [9.17, 15) is 0 Å². The molecule has 0 radical (unpaired) electrons. The summed E-state index contributed by atoms with van der Waals surface area (Å²) in [5.74, 6) is 0.979. The molecule has 0 unspecified atom stereocenters. The summed E-state index contributed by atoms with van der Waals surface area (Å²) in [5, 5.41) is 0. The van der Waals surface area contributed by atoms with Crippen LogP contribution in [0.25, 0.3) is 0 Å². The zero-order chi connectivity index (χ0) is 13.7. The molecule has 0 saturated heterocycles. The largest absolute Gasteiger partial charge is 0.330 e. The van der Waals surface area contributed by atoms with Crippen molar-refractivity contribution in [2.24, 2.45) is 5.73 Å². The van der Waals surface area contributed by atoms with E-state index >= 15 is 0 Å². The van der Waals surface area contributed by atoms with Gasteiger partial charge in [-0.3, -0.25) is 0 Å². The number of anilines is 2. The molecule has 0 saturated carbocycles. The molecule has 0 aliphatic carbocycles. The third-order valence-electron chi connectivity index (χ3n) is 3.18. The first kappa shape index (κ1) is 13.6. The lowest BCUT2D eigenvalue weighted by molar-refractivity contribution is 0.943. The van der Waals surface area contributed by atoms with E-state index in [1.165, 1.54) is 16.8 Å². The topological polar surface area (TPSA) is 42.1 Å². The Balaban J connectivity index is 2.23. The van der Waals surface area contributed by atoms with Gasteiger partial charge in [0.05, 0.1) is 0 Å². The second kappa shape index (κ2) is 6.34. The standard InChI is InChI=1S/C16H21N3/c1-3-19(15-7-4-13(2)5-8-15)16-9-6-14(10-11-17)12-18-16/h4-9,12H,3,10-11,17H2,1-2H3. The fraction of sp³-hybridized carbons (Fsp3) is 0.312. The first-order chi connectivity index (χ1) is 9.24. The summed E-state index contributed by atoms with van der Waals surface area (Å²) < 4.78 is 0. The van der Waals surface area contributed by atoms with E-state index in [1.54, 1.807) is 0 Å². The molecule has 0 bridgehead atoms. The number of hydrogen-bond acceptors (Lipinski definition) is 3. The number of pyridine rings is 1. The minimum absolute atomic E-state index is 0.663. The highest BCUT2D eigenvalue weighted by molar-refractivity contribution is 5.60. The summed E-state index contributed by atoms with van der Waals surface area (Å²) in [7, 11) is 0. The second-order valence-corrected chi connectivity index (χ2v) is 4.64. The number of rotatable bonds is 5. The number of nitrogens with zero attached hydrogens (tertiary/aromatic N) is 2. The molecular weight excluding hydrogens is 234 g/mol. The Kier molecular flexibility index (Phi) is 4.53. The van der Waals surface area contributed by atoms with Crippen molar-refractivity contribution < 1.29 is 0 Å². The molecule has 1 aromatic heterocycles. The van der Waals surface area contributed by atoms with Crippen LogP contribution in [0.4, 0.5) is 11.5 Å². The third kappa shape index (κ3) is 3.32. The molecule has 0 amide bonds. The Morgan fingerprint density at radius 1 is 1.11 bits per heavy atom. The van der Waals surface area contributed by atoms with E-state index in [4.69, 9.17) is 5.73 Å². The number of hydrogen-bond donors (Lipinski definition) is 1. The fourth-order valence-corrected chi connectivity index (χ4v) is 2.09. The van der Waals surface area contributed by atoms with Crippen molar-refractivity contribution in [2.75, 3.05) is 18.0 Å². The second-order valence-electron chi connectivity index (χ2n) is 4.64. The van der Waals surface area contributed by atoms with Crippen molar-refractivity contribution in [1.82, 2.24) is 4.98 Å². The molecule has 100 valence electrons. The summed E-state index contributed by atoms with van der Waals surface area (Å²) in [6.07, 6.45) is 2.79. The Morgan fingerprint density at radius 3 is 2.37 bits per heavy atom. The molecule has 0 fully saturated rings. The van der Waals surface area contributed by atoms with Gasteiger partial charge in [0.15, 0.2) is 0 Å². The average Bonchev–Trinajstić information content (AvgIpc) is 2.44. The first-order valence-electron chi connectivity index (χ1n) is 6.73. The number of aromatic nitrogens is 1. The van der Waals surface area contributed by atoms with E-state index in [1.807, 2.05) is 6.20 Å². The normalized spacial score (nSPS) is 10.5. The molecule has 1 heterocycles. The summed E-state index contributed by atoms with van der Waals surface area (Å²) in [6.45, 7) is 5.79. The Morgan fingerprint density at radius 2 is 1.84 bits per heavy atom. The highest BCUT2D eigenvalue weighted by Crippen LogP contribution is 2.23. The van der Waals surface area contributed by atoms with Crippen molar-refractivity contribution in [1.29, 1.82) is 0 Å². The van der Waals surface area contributed by atoms with Crippen LogP contribution in [0, 0.1) is 6.92 Å². The average molecular weight is 255 g/mol. The van der Waals surface area contributed by atoms with E-state index < -0.39 is 0 Å². The molecule has 3 nitrogen and oxygen atoms in total. The lowest BCUT2D eigenvalue weighted by atomic mass is 10.2. The number of benzene rings is 1. The van der Waals surface area contributed by atoms with Gasteiger partial charge < -0.3 is 10.6 Å². The quantitative estimate of drug-likeness (QED) is 0.893. The van der Waals surface area contributed by atoms with Crippen molar-refractivity contribution >= 4 is 11.5 Å². The van der Waals surface area contributed by atoms with Gasteiger partial charge in [-0.2, -0.15) is 0 Å². The van der Waals surface area contributed by atoms with E-state index in [0.29, 0.717) is 6.54 Å². The number of nitrogens with two attached hydrogens (primary N) is 1. The van der Waals surface area contributed by atoms with Gasteiger partial charge >= 0.3 is 0 Å². The summed E-state index contributed by atoms with van der Waals surface area (Å²) in [6, 6.07) is 12.7. The van der Waals surface area contributed by atoms with Gasteiger partial charge in [0, 0.05) is 18.4 Å². The van der Waals surface area contributed by atoms with Crippen molar-refractivity contribution in [2.45, 2.75) is 20.3 Å². The fourth-order valence-electron chi connectivity index (χ4n) is 2.09. The Bertz CT molecular complexity index is 503. The van der Waals surface area contributed by atoms with Crippen LogP contribution in [-0.4, -0.2) is 18.1 Å². The maximum Gasteiger partial charge on any atom is 0.132 e. The van der Waals surface area contributed by atoms with Crippen LogP contribution >= 0.6 is 0 Å². The van der Waals surface area contributed by atoms with Crippen molar-refractivity contribution in [3.8, 4) is 0 Å². The van der Waals surface area contributed by atoms with Crippen molar-refractivity contribution in [3.05, 3.63) is 53.7 Å². The maximum atomic E-state index is 5.55. The lowest BCUT2D eigenvalue weighted by Crippen LogP contribution is -2.17. The molecule has 0 atom stereocenters. The molecule has 3 heteroatoms. The van der Waals surface area contributed by atoms with Crippen LogP contribution in [0.5, 0.6) is 0 Å². The van der Waals surface area contributed by atoms with Crippen LogP contribution in [-0.2, 0) is 6.42 Å². The summed E-state index contributed by atoms with van der Waals surface area (Å²) in [4.78, 5) is 6.74. The van der Waals surface area contributed by atoms with E-state index in [-0.39, 0.29) is 0 Å². The molecule has 2 rings (SSSR count). The zero-order valence-electron chi connectivity index (χ0n) is 11.6.